The number of benzene rings is 3. The van der Waals surface area contributed by atoms with Crippen molar-refractivity contribution in [3.05, 3.63) is 92.9 Å². The smallest absolute Gasteiger partial charge is 0.264 e. The van der Waals surface area contributed by atoms with Gasteiger partial charge in [-0.15, -0.1) is 0 Å². The van der Waals surface area contributed by atoms with Crippen molar-refractivity contribution in [2.75, 3.05) is 17.9 Å². The summed E-state index contributed by atoms with van der Waals surface area (Å²) in [6, 6.07) is 18.5. The van der Waals surface area contributed by atoms with Gasteiger partial charge in [-0.25, -0.2) is 8.42 Å². The lowest BCUT2D eigenvalue weighted by Crippen LogP contribution is -2.50. The van der Waals surface area contributed by atoms with Gasteiger partial charge < -0.3 is 10.2 Å². The van der Waals surface area contributed by atoms with Gasteiger partial charge in [-0.3, -0.25) is 13.9 Å². The maximum atomic E-state index is 13.7. The number of hydrogen-bond donors (Lipinski definition) is 1. The number of halogens is 3. The third-order valence-electron chi connectivity index (χ3n) is 5.43. The molecule has 3 aromatic rings. The average molecular weight is 613 g/mol. The van der Waals surface area contributed by atoms with Crippen molar-refractivity contribution in [2.24, 2.45) is 0 Å². The lowest BCUT2D eigenvalue weighted by Gasteiger charge is -2.32. The number of sulfonamides is 1. The van der Waals surface area contributed by atoms with Crippen LogP contribution in [0.3, 0.4) is 0 Å². The molecule has 0 bridgehead atoms. The first kappa shape index (κ1) is 28.0. The molecule has 0 radical (unpaired) electrons. The Morgan fingerprint density at radius 3 is 2.11 bits per heavy atom. The summed E-state index contributed by atoms with van der Waals surface area (Å²) in [5.41, 5.74) is 0.895. The second-order valence-corrected chi connectivity index (χ2v) is 11.5. The van der Waals surface area contributed by atoms with E-state index in [1.54, 1.807) is 25.1 Å². The van der Waals surface area contributed by atoms with E-state index in [0.717, 1.165) is 14.3 Å². The number of nitrogens with zero attached hydrogens (tertiary/aromatic N) is 2. The Hall–Kier alpha value is -2.59. The van der Waals surface area contributed by atoms with Crippen molar-refractivity contribution in [3.8, 4) is 0 Å². The van der Waals surface area contributed by atoms with Gasteiger partial charge in [0.05, 0.1) is 10.6 Å². The highest BCUT2D eigenvalue weighted by atomic mass is 79.9. The first-order valence-electron chi connectivity index (χ1n) is 10.8. The Bertz CT molecular complexity index is 1320. The Morgan fingerprint density at radius 2 is 1.56 bits per heavy atom. The van der Waals surface area contributed by atoms with Crippen LogP contribution in [-0.4, -0.2) is 44.8 Å². The number of hydrogen-bond acceptors (Lipinski definition) is 4. The van der Waals surface area contributed by atoms with E-state index in [-0.39, 0.29) is 33.1 Å². The van der Waals surface area contributed by atoms with Crippen molar-refractivity contribution < 1.29 is 18.0 Å². The normalized spacial score (nSPS) is 12.0. The molecule has 1 atom stereocenters. The third-order valence-corrected chi connectivity index (χ3v) is 8.18. The Balaban J connectivity index is 2.05. The highest BCUT2D eigenvalue weighted by Gasteiger charge is 2.32. The predicted octanol–water partition coefficient (Wildman–Crippen LogP) is 5.11. The molecule has 7 nitrogen and oxygen atoms in total. The maximum absolute atomic E-state index is 13.7. The number of carbonyl (C=O) groups excluding carboxylic acids is 2. The minimum absolute atomic E-state index is 0.00675. The van der Waals surface area contributed by atoms with E-state index in [4.69, 9.17) is 23.2 Å². The van der Waals surface area contributed by atoms with Gasteiger partial charge in [0.25, 0.3) is 10.0 Å². The molecule has 0 aliphatic heterocycles. The van der Waals surface area contributed by atoms with Gasteiger partial charge in [-0.05, 0) is 55.0 Å². The molecule has 36 heavy (non-hydrogen) atoms. The second-order valence-electron chi connectivity index (χ2n) is 7.89. The third kappa shape index (κ3) is 6.79. The molecule has 3 aromatic carbocycles. The summed E-state index contributed by atoms with van der Waals surface area (Å²) in [7, 11) is -2.71. The highest BCUT2D eigenvalue weighted by molar-refractivity contribution is 9.10. The van der Waals surface area contributed by atoms with Crippen LogP contribution in [0.1, 0.15) is 12.5 Å². The summed E-state index contributed by atoms with van der Waals surface area (Å²) >= 11 is 15.7. The van der Waals surface area contributed by atoms with Crippen LogP contribution in [0.5, 0.6) is 0 Å². The monoisotopic (exact) mass is 611 g/mol. The SMILES string of the molecule is CNC(=O)[C@H](C)N(Cc1ccc(Br)cc1)C(=O)CN(c1cc(Cl)cc(Cl)c1)S(=O)(=O)c1ccccc1. The summed E-state index contributed by atoms with van der Waals surface area (Å²) < 4.78 is 29.1. The van der Waals surface area contributed by atoms with Crippen molar-refractivity contribution in [1.82, 2.24) is 10.2 Å². The van der Waals surface area contributed by atoms with Gasteiger partial charge in [-0.2, -0.15) is 0 Å². The molecule has 2 amide bonds. The van der Waals surface area contributed by atoms with Gasteiger partial charge in [0.15, 0.2) is 0 Å². The summed E-state index contributed by atoms with van der Waals surface area (Å²) in [5.74, 6) is -0.964. The topological polar surface area (TPSA) is 86.8 Å². The molecule has 0 fully saturated rings. The predicted molar refractivity (Wildman–Crippen MR) is 146 cm³/mol. The lowest BCUT2D eigenvalue weighted by atomic mass is 10.1. The van der Waals surface area contributed by atoms with Gasteiger partial charge in [0.2, 0.25) is 11.8 Å². The quantitative estimate of drug-likeness (QED) is 0.364. The number of amides is 2. The van der Waals surface area contributed by atoms with Gasteiger partial charge in [0.1, 0.15) is 12.6 Å². The molecule has 0 heterocycles. The van der Waals surface area contributed by atoms with Crippen LogP contribution in [0.15, 0.2) is 82.2 Å². The molecule has 0 aliphatic carbocycles. The minimum Gasteiger partial charge on any atom is -0.357 e. The minimum atomic E-state index is -4.18. The Kier molecular flexibility index (Phi) is 9.41. The molecule has 0 saturated carbocycles. The van der Waals surface area contributed by atoms with Crippen LogP contribution in [0.25, 0.3) is 0 Å². The fourth-order valence-corrected chi connectivity index (χ4v) is 5.71. The molecule has 0 spiro atoms. The van der Waals surface area contributed by atoms with Crippen molar-refractivity contribution >= 4 is 66.7 Å². The van der Waals surface area contributed by atoms with Gasteiger partial charge >= 0.3 is 0 Å². The molecule has 190 valence electrons. The first-order valence-corrected chi connectivity index (χ1v) is 13.8. The van der Waals surface area contributed by atoms with E-state index in [1.807, 2.05) is 24.3 Å². The molecule has 0 aliphatic rings. The van der Waals surface area contributed by atoms with Crippen LogP contribution in [0, 0.1) is 0 Å². The van der Waals surface area contributed by atoms with E-state index < -0.39 is 28.5 Å². The van der Waals surface area contributed by atoms with E-state index >= 15 is 0 Å². The standard InChI is InChI=1S/C25H24BrCl2N3O4S/c1-17(25(33)29-2)30(15-18-8-10-19(26)11-9-18)24(32)16-31(22-13-20(27)12-21(28)14-22)36(34,35)23-6-4-3-5-7-23/h3-14,17H,15-16H2,1-2H3,(H,29,33)/t17-/m0/s1. The largest absolute Gasteiger partial charge is 0.357 e. The zero-order chi connectivity index (χ0) is 26.5. The van der Waals surface area contributed by atoms with Gasteiger partial charge in [-0.1, -0.05) is 69.5 Å². The van der Waals surface area contributed by atoms with Crippen molar-refractivity contribution in [3.63, 3.8) is 0 Å². The molecule has 0 unspecified atom stereocenters. The number of nitrogens with one attached hydrogen (secondary N) is 1. The fourth-order valence-electron chi connectivity index (χ4n) is 3.51. The van der Waals surface area contributed by atoms with Crippen LogP contribution < -0.4 is 9.62 Å². The van der Waals surface area contributed by atoms with E-state index in [2.05, 4.69) is 21.2 Å². The zero-order valence-corrected chi connectivity index (χ0v) is 23.4. The Labute approximate surface area is 229 Å². The molecular formula is C25H24BrCl2N3O4S. The summed E-state index contributed by atoms with van der Waals surface area (Å²) in [4.78, 5) is 27.5. The number of carbonyl (C=O) groups is 2. The fraction of sp³-hybridized carbons (Fsp3) is 0.200. The molecule has 3 rings (SSSR count). The summed E-state index contributed by atoms with van der Waals surface area (Å²) in [5, 5.41) is 2.97. The van der Waals surface area contributed by atoms with E-state index in [1.165, 1.54) is 42.3 Å². The average Bonchev–Trinajstić information content (AvgIpc) is 2.85. The molecule has 0 saturated heterocycles. The number of rotatable bonds is 9. The van der Waals surface area contributed by atoms with Crippen molar-refractivity contribution in [1.29, 1.82) is 0 Å². The number of likely N-dealkylation sites (N-methyl/N-ethyl adjacent to an activating group) is 1. The maximum Gasteiger partial charge on any atom is 0.264 e. The van der Waals surface area contributed by atoms with Crippen LogP contribution >= 0.6 is 39.1 Å². The van der Waals surface area contributed by atoms with Gasteiger partial charge in [0, 0.05) is 28.1 Å². The van der Waals surface area contributed by atoms with Crippen molar-refractivity contribution in [2.45, 2.75) is 24.4 Å². The molecule has 11 heteroatoms. The Morgan fingerprint density at radius 1 is 0.972 bits per heavy atom. The number of anilines is 1. The second kappa shape index (κ2) is 12.1. The highest BCUT2D eigenvalue weighted by Crippen LogP contribution is 2.30. The van der Waals surface area contributed by atoms with E-state index in [0.29, 0.717) is 0 Å². The van der Waals surface area contributed by atoms with E-state index in [9.17, 15) is 18.0 Å². The summed E-state index contributed by atoms with van der Waals surface area (Å²) in [6.45, 7) is 1.10. The zero-order valence-electron chi connectivity index (χ0n) is 19.5. The lowest BCUT2D eigenvalue weighted by molar-refractivity contribution is -0.139. The first-order chi connectivity index (χ1) is 17.0. The van der Waals surface area contributed by atoms with Crippen LogP contribution in [0.2, 0.25) is 10.0 Å². The summed E-state index contributed by atoms with van der Waals surface area (Å²) in [6.07, 6.45) is 0. The molecule has 1 N–H and O–H groups in total. The van der Waals surface area contributed by atoms with Crippen LogP contribution in [0.4, 0.5) is 5.69 Å². The van der Waals surface area contributed by atoms with Crippen LogP contribution in [-0.2, 0) is 26.2 Å². The molecule has 0 aromatic heterocycles. The molecular weight excluding hydrogens is 589 g/mol.